The average molecular weight is 1970 g/mol. The molecule has 0 aliphatic heterocycles. The zero-order chi connectivity index (χ0) is 99.9. The van der Waals surface area contributed by atoms with Crippen molar-refractivity contribution in [1.82, 2.24) is 0 Å². The summed E-state index contributed by atoms with van der Waals surface area (Å²) in [7, 11) is 13.2. The van der Waals surface area contributed by atoms with Crippen LogP contribution in [0.25, 0.3) is 0 Å². The number of carbonyl (C=O) groups is 6. The first-order valence-corrected chi connectivity index (χ1v) is 50.6. The largest absolute Gasteiger partial charge is 0.497 e. The van der Waals surface area contributed by atoms with E-state index in [0.29, 0.717) is 91.3 Å². The number of hydrogen-bond donors (Lipinski definition) is 0. The fourth-order valence-corrected chi connectivity index (χ4v) is 22.8. The van der Waals surface area contributed by atoms with Gasteiger partial charge in [-0.05, 0) is 196 Å². The SMILES string of the molecule is CC(=O)c1ccccc1Pc1cc(C)ccc1OCc1ccccc1.CC(=O)c1ccccc1Pc1cccc(C)c1OCc1ccccc1.CC(=O)c1ccccc1Pc1ccccc1OCc1ccccc1.COc1cc(OC)c(OC)c(Pc2ccc(F)cc2C(C)=O)c1.COc1ccc(OC)c(Pc2ccc(C)cc2C(C)=O)c1.COc1cccc(Pc2c(C)cccc2C(C)=O)c1OC. The lowest BCUT2D eigenvalue weighted by Gasteiger charge is -2.15. The molecule has 0 aromatic heterocycles. The summed E-state index contributed by atoms with van der Waals surface area (Å²) in [6, 6.07) is 105. The van der Waals surface area contributed by atoms with E-state index in [1.54, 1.807) is 96.5 Å². The van der Waals surface area contributed by atoms with Crippen LogP contribution < -0.4 is 111 Å². The van der Waals surface area contributed by atoms with Gasteiger partial charge < -0.3 is 47.4 Å². The Morgan fingerprint density at radius 1 is 0.230 bits per heavy atom. The highest BCUT2D eigenvalue weighted by Crippen LogP contribution is 2.37. The number of methoxy groups -OCH3 is 7. The maximum atomic E-state index is 13.4. The van der Waals surface area contributed by atoms with Gasteiger partial charge in [-0.2, -0.15) is 0 Å². The van der Waals surface area contributed by atoms with Crippen molar-refractivity contribution >= 4 is 150 Å². The second-order valence-corrected chi connectivity index (χ2v) is 39.7. The molecule has 139 heavy (non-hydrogen) atoms. The molecule has 0 amide bonds. The molecule has 0 aliphatic carbocycles. The maximum absolute atomic E-state index is 13.4. The van der Waals surface area contributed by atoms with Gasteiger partial charge in [0, 0.05) is 71.3 Å². The van der Waals surface area contributed by atoms with Gasteiger partial charge in [-0.3, -0.25) is 28.8 Å². The van der Waals surface area contributed by atoms with Gasteiger partial charge in [0.2, 0.25) is 0 Å². The molecule has 0 bridgehead atoms. The van der Waals surface area contributed by atoms with E-state index >= 15 is 0 Å². The van der Waals surface area contributed by atoms with E-state index in [2.05, 4.69) is 80.6 Å². The third kappa shape index (κ3) is 32.2. The van der Waals surface area contributed by atoms with Gasteiger partial charge in [0.25, 0.3) is 0 Å². The van der Waals surface area contributed by atoms with Crippen LogP contribution in [0, 0.1) is 33.5 Å². The number of benzene rings is 15. The van der Waals surface area contributed by atoms with E-state index in [-0.39, 0.29) is 43.3 Å². The second-order valence-electron chi connectivity index (χ2n) is 31.7. The molecular formula is C116H117FO16P6. The van der Waals surface area contributed by atoms with Crippen molar-refractivity contribution in [2.45, 2.75) is 89.1 Å². The molecule has 0 saturated carbocycles. The van der Waals surface area contributed by atoms with Crippen molar-refractivity contribution in [1.29, 1.82) is 0 Å². The minimum absolute atomic E-state index is 0.0862. The number of halogens is 1. The first-order valence-electron chi connectivity index (χ1n) is 44.6. The Morgan fingerprint density at radius 3 is 1.09 bits per heavy atom. The fraction of sp³-hybridized carbons (Fsp3) is 0.172. The monoisotopic (exact) mass is 1970 g/mol. The first kappa shape index (κ1) is 108. The Labute approximate surface area is 827 Å². The summed E-state index contributed by atoms with van der Waals surface area (Å²) < 4.78 is 69.2. The molecule has 6 unspecified atom stereocenters. The van der Waals surface area contributed by atoms with Crippen LogP contribution in [0.2, 0.25) is 0 Å². The number of hydrogen-bond acceptors (Lipinski definition) is 16. The van der Waals surface area contributed by atoms with E-state index in [0.717, 1.165) is 159 Å². The van der Waals surface area contributed by atoms with Gasteiger partial charge in [0.15, 0.2) is 57.7 Å². The Bertz CT molecular complexity index is 6630. The summed E-state index contributed by atoms with van der Waals surface area (Å²) in [5, 5.41) is 12.3. The molecule has 0 spiro atoms. The normalized spacial score (nSPS) is 10.9. The lowest BCUT2D eigenvalue weighted by Crippen LogP contribution is -2.16. The molecule has 0 saturated heterocycles. The third-order valence-corrected chi connectivity index (χ3v) is 29.9. The minimum atomic E-state index is -0.432. The van der Waals surface area contributed by atoms with Crippen molar-refractivity contribution < 1.29 is 80.5 Å². The molecule has 16 nitrogen and oxygen atoms in total. The zero-order valence-corrected chi connectivity index (χ0v) is 87.2. The average Bonchev–Trinajstić information content (AvgIpc) is 0.835. The molecule has 0 heterocycles. The van der Waals surface area contributed by atoms with Gasteiger partial charge in [-0.1, -0.05) is 317 Å². The van der Waals surface area contributed by atoms with Crippen LogP contribution in [0.1, 0.15) is 143 Å². The Balaban J connectivity index is 0.000000172. The molecule has 15 rings (SSSR count). The van der Waals surface area contributed by atoms with E-state index in [1.807, 2.05) is 250 Å². The summed E-state index contributed by atoms with van der Waals surface area (Å²) in [6.07, 6.45) is 0. The summed E-state index contributed by atoms with van der Waals surface area (Å²) in [4.78, 5) is 71.0. The smallest absolute Gasteiger partial charge is 0.168 e. The van der Waals surface area contributed by atoms with Crippen molar-refractivity contribution in [3.63, 3.8) is 0 Å². The summed E-state index contributed by atoms with van der Waals surface area (Å²) >= 11 is 0. The second kappa shape index (κ2) is 55.4. The highest BCUT2D eigenvalue weighted by Gasteiger charge is 2.22. The van der Waals surface area contributed by atoms with E-state index in [1.165, 1.54) is 24.6 Å². The van der Waals surface area contributed by atoms with E-state index < -0.39 is 5.82 Å². The van der Waals surface area contributed by atoms with E-state index in [9.17, 15) is 33.2 Å². The van der Waals surface area contributed by atoms with Crippen LogP contribution in [-0.4, -0.2) is 84.5 Å². The van der Waals surface area contributed by atoms with Crippen molar-refractivity contribution in [2.24, 2.45) is 0 Å². The highest BCUT2D eigenvalue weighted by molar-refractivity contribution is 7.57. The van der Waals surface area contributed by atoms with E-state index in [4.69, 9.17) is 47.4 Å². The molecule has 0 fully saturated rings. The fourth-order valence-electron chi connectivity index (χ4n) is 14.4. The Hall–Kier alpha value is -13.2. The molecule has 0 radical (unpaired) electrons. The summed E-state index contributed by atoms with van der Waals surface area (Å²) in [5.74, 6) is 7.31. The lowest BCUT2D eigenvalue weighted by molar-refractivity contribution is 0.101. The molecule has 714 valence electrons. The summed E-state index contributed by atoms with van der Waals surface area (Å²) in [6.45, 7) is 19.2. The van der Waals surface area contributed by atoms with Gasteiger partial charge >= 0.3 is 0 Å². The van der Waals surface area contributed by atoms with Crippen molar-refractivity contribution in [2.75, 3.05) is 49.8 Å². The number of rotatable bonds is 34. The first-order chi connectivity index (χ1) is 67.1. The molecule has 0 N–H and O–H groups in total. The predicted molar refractivity (Wildman–Crippen MR) is 580 cm³/mol. The van der Waals surface area contributed by atoms with Gasteiger partial charge in [-0.25, -0.2) is 4.39 Å². The van der Waals surface area contributed by atoms with Crippen LogP contribution in [-0.2, 0) is 19.8 Å². The number of ketones is 6. The molecule has 6 atom stereocenters. The van der Waals surface area contributed by atoms with Crippen LogP contribution >= 0.6 is 51.5 Å². The van der Waals surface area contributed by atoms with Crippen LogP contribution in [0.4, 0.5) is 4.39 Å². The maximum Gasteiger partial charge on any atom is 0.168 e. The molecular weight excluding hydrogens is 1850 g/mol. The topological polar surface area (TPSA) is 195 Å². The van der Waals surface area contributed by atoms with Crippen LogP contribution in [0.3, 0.4) is 0 Å². The Morgan fingerprint density at radius 2 is 0.583 bits per heavy atom. The molecule has 0 aliphatic rings. The van der Waals surface area contributed by atoms with Gasteiger partial charge in [0.05, 0.1) is 49.8 Å². The predicted octanol–water partition coefficient (Wildman–Crippen LogP) is 21.3. The zero-order valence-electron chi connectivity index (χ0n) is 81.2. The number of carbonyl (C=O) groups excluding carboxylic acids is 6. The lowest BCUT2D eigenvalue weighted by atomic mass is 10.1. The van der Waals surface area contributed by atoms with Crippen molar-refractivity contribution in [3.05, 3.63) is 406 Å². The van der Waals surface area contributed by atoms with Gasteiger partial charge in [0.1, 0.15) is 60.1 Å². The standard InChI is InChI=1S/2C22H21O2P.C21H19O2P.C17H18FO4P.2C17H19O3P/c1-16-9-8-14-21(22(16)24-15-18-10-4-3-5-11-18)25-20-13-7-6-12-19(20)17(2)23;1-16-12-13-20(24-15-18-8-4-3-5-9-18)22(14-16)25-21-11-7-6-10-19(21)17(2)23;1-16(22)18-11-5-7-13-20(18)24-21-14-8-6-12-19(21)23-15-17-9-3-2-4-10-17;1-10(19)13-7-11(18)5-6-15(13)23-16-9-12(20-2)8-14(21-3)17(16)22-4;1-11-5-8-16(14(9-11)12(2)18)21-17-10-13(19-3)6-7-15(17)20-4;1-11-7-5-8-13(12(2)18)17(11)21-15-10-6-9-14(19-3)16(15)20-4/h2*3-14,25H,15H2,1-2H3;2-14,24H,15H2,1H3;5-9,23H,1-4H3;2*5-10,21H,1-4H3. The third-order valence-electron chi connectivity index (χ3n) is 21.5. The van der Waals surface area contributed by atoms with Gasteiger partial charge in [-0.15, -0.1) is 0 Å². The quantitative estimate of drug-likeness (QED) is 0.0273. The van der Waals surface area contributed by atoms with Crippen LogP contribution in [0.5, 0.6) is 57.5 Å². The molecule has 15 aromatic carbocycles. The molecule has 23 heteroatoms. The minimum Gasteiger partial charge on any atom is -0.497 e. The Kier molecular flexibility index (Phi) is 43.0. The highest BCUT2D eigenvalue weighted by atomic mass is 31.1. The number of ether oxygens (including phenoxy) is 10. The number of aryl methyl sites for hydroxylation is 4. The van der Waals surface area contributed by atoms with Crippen LogP contribution in [0.15, 0.2) is 328 Å². The summed E-state index contributed by atoms with van der Waals surface area (Å²) in [5.41, 5.74) is 12.2. The molecule has 15 aromatic rings. The van der Waals surface area contributed by atoms with Crippen molar-refractivity contribution in [3.8, 4) is 57.5 Å². The number of para-hydroxylation sites is 3. The number of Topliss-reactive ketones (excluding diaryl/α,β-unsaturated/α-hetero) is 6.